The number of carbonyl (C=O) groups excluding carboxylic acids is 7. The third-order valence-electron chi connectivity index (χ3n) is 19.6. The Labute approximate surface area is 734 Å². The molecule has 1 aliphatic rings. The zero-order valence-corrected chi connectivity index (χ0v) is 74.3. The normalized spacial score (nSPS) is 12.4. The van der Waals surface area contributed by atoms with Crippen molar-refractivity contribution in [2.45, 2.75) is 86.3 Å². The number of Topliss-reactive ketones (excluding diaryl/α,β-unsaturated/α-hetero) is 2. The topological polar surface area (TPSA) is 356 Å². The lowest BCUT2D eigenvalue weighted by atomic mass is 9.98. The number of H-pyrrole nitrogens is 1. The van der Waals surface area contributed by atoms with E-state index in [2.05, 4.69) is 74.9 Å². The number of ether oxygens (including phenoxy) is 4. The van der Waals surface area contributed by atoms with Crippen LogP contribution in [-0.4, -0.2) is 140 Å². The third kappa shape index (κ3) is 24.2. The molecule has 4 amide bonds. The van der Waals surface area contributed by atoms with Crippen molar-refractivity contribution < 1.29 is 69.3 Å². The number of aryl methyl sites for hydroxylation is 2. The summed E-state index contributed by atoms with van der Waals surface area (Å²) in [5.41, 5.74) is 7.16. The first-order valence-corrected chi connectivity index (χ1v) is 45.2. The van der Waals surface area contributed by atoms with Gasteiger partial charge in [-0.1, -0.05) is 107 Å². The van der Waals surface area contributed by atoms with Gasteiger partial charge in [0, 0.05) is 102 Å². The third-order valence-corrected chi connectivity index (χ3v) is 26.7. The number of esters is 1. The van der Waals surface area contributed by atoms with Crippen molar-refractivity contribution in [3.05, 3.63) is 282 Å². The second-order valence-electron chi connectivity index (χ2n) is 28.0. The Kier molecular flexibility index (Phi) is 32.0. The van der Waals surface area contributed by atoms with Crippen LogP contribution in [0.1, 0.15) is 82.8 Å². The van der Waals surface area contributed by atoms with Crippen LogP contribution in [0.5, 0.6) is 11.5 Å². The van der Waals surface area contributed by atoms with E-state index in [1.165, 1.54) is 58.2 Å². The number of likely N-dealkylation sites (tertiary alicyclic amines) is 1. The summed E-state index contributed by atoms with van der Waals surface area (Å²) >= 11 is 9.24. The molecule has 1 fully saturated rings. The van der Waals surface area contributed by atoms with Crippen molar-refractivity contribution in [2.24, 2.45) is 5.92 Å². The Morgan fingerprint density at radius 1 is 0.691 bits per heavy atom. The monoisotopic (exact) mass is 1860 g/mol. The van der Waals surface area contributed by atoms with Gasteiger partial charge in [-0.25, -0.2) is 26.8 Å². The van der Waals surface area contributed by atoms with E-state index in [1.54, 1.807) is 116 Å². The van der Waals surface area contributed by atoms with Gasteiger partial charge in [-0.05, 0) is 206 Å². The SMILES string of the molecule is CC(=O)c1cccc(CC(=O)C(=O)Nc2cccc3ccccc23)c1.CCOC(=O)C1CCCN(C(=O)CCS(=O)(=O)c2ccc(Br)s2)C1.COCCn1c(=N)c(S(=O)(=O)c2ccc(Br)cc2)cc2c(=O)n3ccccc3nc21.COc1ccc(NC(=O)c2ccc3nc(C)sc3c2)cc1.COc1ccccc1NC(=O)CCCc1c[nH]c2ccccc12. The van der Waals surface area contributed by atoms with Gasteiger partial charge in [-0.3, -0.25) is 48.2 Å². The van der Waals surface area contributed by atoms with Crippen molar-refractivity contribution in [3.8, 4) is 11.5 Å². The first-order valence-electron chi connectivity index (χ1n) is 38.9. The maximum atomic E-state index is 13.3. The van der Waals surface area contributed by atoms with Gasteiger partial charge in [0.05, 0.1) is 74.1 Å². The lowest BCUT2D eigenvalue weighted by molar-refractivity contribution is -0.151. The largest absolute Gasteiger partial charge is 0.497 e. The van der Waals surface area contributed by atoms with Gasteiger partial charge >= 0.3 is 5.97 Å². The highest BCUT2D eigenvalue weighted by Gasteiger charge is 2.31. The minimum atomic E-state index is -4.04. The zero-order chi connectivity index (χ0) is 87.9. The number of anilines is 3. The molecular weight excluding hydrogens is 1780 g/mol. The van der Waals surface area contributed by atoms with Crippen LogP contribution >= 0.6 is 54.5 Å². The number of hydrogen-bond acceptors (Lipinski definition) is 21. The summed E-state index contributed by atoms with van der Waals surface area (Å²) in [5.74, 6) is -1.02. The summed E-state index contributed by atoms with van der Waals surface area (Å²) in [7, 11) is -2.79. The number of hydrogen-bond donors (Lipinski definition) is 5. The summed E-state index contributed by atoms with van der Waals surface area (Å²) < 4.78 is 77.0. The van der Waals surface area contributed by atoms with Crippen LogP contribution in [0.4, 0.5) is 17.1 Å². The van der Waals surface area contributed by atoms with Crippen LogP contribution in [-0.2, 0) is 72.5 Å². The van der Waals surface area contributed by atoms with E-state index < -0.39 is 36.9 Å². The molecule has 0 radical (unpaired) electrons. The first kappa shape index (κ1) is 91.6. The molecule has 0 aliphatic carbocycles. The van der Waals surface area contributed by atoms with Crippen molar-refractivity contribution >= 4 is 181 Å². The molecule has 0 saturated carbocycles. The smallest absolute Gasteiger partial charge is 0.310 e. The number of halogens is 2. The molecule has 1 unspecified atom stereocenters. The number of pyridine rings is 2. The molecule has 15 rings (SSSR count). The van der Waals surface area contributed by atoms with Gasteiger partial charge in [-0.2, -0.15) is 0 Å². The fourth-order valence-electron chi connectivity index (χ4n) is 13.3. The number of piperidine rings is 1. The molecule has 636 valence electrons. The Hall–Kier alpha value is -12.2. The molecular formula is C91H88Br2N10O16S4. The maximum Gasteiger partial charge on any atom is 0.310 e. The molecule has 1 aliphatic heterocycles. The molecule has 0 spiro atoms. The van der Waals surface area contributed by atoms with Gasteiger partial charge in [0.15, 0.2) is 15.6 Å². The van der Waals surface area contributed by atoms with Crippen LogP contribution < -0.4 is 36.5 Å². The number of rotatable bonds is 25. The number of ketones is 2. The number of thiazole rings is 1. The number of benzene rings is 8. The number of amides is 4. The molecule has 1 atom stereocenters. The predicted octanol–water partition coefficient (Wildman–Crippen LogP) is 16.6. The average Bonchev–Trinajstić information content (AvgIpc) is 1.51. The minimum absolute atomic E-state index is 0.00865. The van der Waals surface area contributed by atoms with Gasteiger partial charge < -0.3 is 49.3 Å². The van der Waals surface area contributed by atoms with Gasteiger partial charge in [0.2, 0.25) is 27.4 Å². The lowest BCUT2D eigenvalue weighted by Crippen LogP contribution is -2.43. The highest BCUT2D eigenvalue weighted by Crippen LogP contribution is 2.31. The van der Waals surface area contributed by atoms with E-state index in [-0.39, 0.29) is 97.7 Å². The first-order chi connectivity index (χ1) is 59.1. The van der Waals surface area contributed by atoms with Crippen LogP contribution in [0.25, 0.3) is 48.6 Å². The van der Waals surface area contributed by atoms with E-state index >= 15 is 0 Å². The molecule has 8 aromatic carbocycles. The summed E-state index contributed by atoms with van der Waals surface area (Å²) in [6, 6.07) is 64.1. The van der Waals surface area contributed by atoms with E-state index in [1.807, 2.05) is 122 Å². The number of aromatic amines is 1. The number of nitrogens with one attached hydrogen (secondary N) is 5. The van der Waals surface area contributed by atoms with Crippen molar-refractivity contribution in [2.75, 3.05) is 69.3 Å². The number of thiophene rings is 1. The Morgan fingerprint density at radius 3 is 2.14 bits per heavy atom. The van der Waals surface area contributed by atoms with Crippen molar-refractivity contribution in [1.82, 2.24) is 28.8 Å². The number of para-hydroxylation sites is 3. The summed E-state index contributed by atoms with van der Waals surface area (Å²) in [6.07, 6.45) is 7.07. The highest BCUT2D eigenvalue weighted by atomic mass is 79.9. The van der Waals surface area contributed by atoms with Crippen LogP contribution in [0.3, 0.4) is 0 Å². The number of carbonyl (C=O) groups is 7. The standard InChI is InChI=1S/C21H17NO3.C20H17BrN4O4S.C19H20N2O2.C16H14N2O2S.C15H20BrNO5S2/c1-14(23)17-9-4-6-15(12-17)13-20(24)21(25)22-19-11-5-8-16-7-2-3-10-18(16)19;1-29-11-10-25-18(22)16(30(27,28)14-7-5-13(21)6-8-14)12-15-19(25)23-17-4-2-3-9-24(17)20(15)26;1-23-18-11-5-4-10-17(18)21-19(22)12-6-7-14-13-20-16-9-3-2-8-15(14)16;1-10-17-14-8-3-11(9-15(14)21-10)16(19)18-12-4-6-13(20-2)7-5-12;1-2-22-15(19)11-4-3-8-17(10-11)13(18)7-9-24(20,21)14-6-5-12(16)23-14/h2-12H,13H2,1H3,(H,22,25);2-9,12,22H,10-11H2,1H3;2-5,8-11,13,20H,6-7,12H2,1H3,(H,21,22);3-9H,1-2H3,(H,18,19);5-6,11H,2-4,7-10H2,1H3. The van der Waals surface area contributed by atoms with E-state index in [0.717, 1.165) is 81.8 Å². The van der Waals surface area contributed by atoms with Gasteiger partial charge in [0.25, 0.3) is 17.4 Å². The van der Waals surface area contributed by atoms with E-state index in [0.29, 0.717) is 72.0 Å². The number of nitrogens with zero attached hydrogens (tertiary/aromatic N) is 5. The van der Waals surface area contributed by atoms with Crippen LogP contribution in [0.15, 0.2) is 258 Å². The predicted molar refractivity (Wildman–Crippen MR) is 485 cm³/mol. The Bertz CT molecular complexity index is 6570. The number of aromatic nitrogens is 5. The quantitative estimate of drug-likeness (QED) is 0.0154. The summed E-state index contributed by atoms with van der Waals surface area (Å²) in [4.78, 5) is 111. The van der Waals surface area contributed by atoms with Gasteiger partial charge in [0.1, 0.15) is 37.4 Å². The molecule has 14 aromatic rings. The van der Waals surface area contributed by atoms with Crippen LogP contribution in [0, 0.1) is 18.3 Å². The average molecular weight is 1870 g/mol. The van der Waals surface area contributed by atoms with Crippen molar-refractivity contribution in [3.63, 3.8) is 0 Å². The second-order valence-corrected chi connectivity index (χ2v) is 36.9. The number of fused-ring (bicyclic) bond motifs is 5. The maximum absolute atomic E-state index is 13.3. The molecule has 6 aromatic heterocycles. The van der Waals surface area contributed by atoms with E-state index in [4.69, 9.17) is 24.4 Å². The Balaban J connectivity index is 0.000000151. The lowest BCUT2D eigenvalue weighted by Gasteiger charge is -2.31. The zero-order valence-electron chi connectivity index (χ0n) is 67.9. The molecule has 26 nitrogen and oxygen atoms in total. The molecule has 32 heteroatoms. The highest BCUT2D eigenvalue weighted by molar-refractivity contribution is 9.11. The second kappa shape index (κ2) is 43.0. The Morgan fingerprint density at radius 2 is 1.41 bits per heavy atom. The van der Waals surface area contributed by atoms with Crippen molar-refractivity contribution in [1.29, 1.82) is 5.41 Å². The number of methoxy groups -OCH3 is 3. The molecule has 0 bridgehead atoms. The minimum Gasteiger partial charge on any atom is -0.497 e. The van der Waals surface area contributed by atoms with E-state index in [9.17, 15) is 55.2 Å². The summed E-state index contributed by atoms with van der Waals surface area (Å²) in [5, 5.41) is 21.3. The van der Waals surface area contributed by atoms with Crippen LogP contribution in [0.2, 0.25) is 0 Å². The fraction of sp³-hybridized carbons (Fsp3) is 0.220. The van der Waals surface area contributed by atoms with Gasteiger partial charge in [-0.15, -0.1) is 22.7 Å². The fourth-order valence-corrected chi connectivity index (χ4v) is 19.2. The summed E-state index contributed by atoms with van der Waals surface area (Å²) in [6.45, 7) is 6.75. The number of sulfone groups is 2. The molecule has 123 heavy (non-hydrogen) atoms. The molecule has 7 heterocycles. The molecule has 5 N–H and O–H groups in total. The molecule has 1 saturated heterocycles.